The molecule has 0 unspecified atom stereocenters. The molecule has 0 saturated heterocycles. The molecule has 37 heavy (non-hydrogen) atoms. The first-order valence-electron chi connectivity index (χ1n) is 11.8. The Labute approximate surface area is 237 Å². The van der Waals surface area contributed by atoms with Gasteiger partial charge in [0.1, 0.15) is 12.6 Å². The van der Waals surface area contributed by atoms with Gasteiger partial charge in [-0.3, -0.25) is 13.9 Å². The van der Waals surface area contributed by atoms with E-state index in [9.17, 15) is 18.0 Å². The van der Waals surface area contributed by atoms with Crippen LogP contribution in [0, 0.1) is 3.57 Å². The van der Waals surface area contributed by atoms with E-state index in [1.807, 2.05) is 6.92 Å². The molecule has 0 aromatic heterocycles. The van der Waals surface area contributed by atoms with Crippen molar-refractivity contribution in [2.45, 2.75) is 37.8 Å². The third kappa shape index (κ3) is 7.24. The van der Waals surface area contributed by atoms with Crippen LogP contribution < -0.4 is 9.62 Å². The maximum Gasteiger partial charge on any atom is 0.264 e. The number of carbonyl (C=O) groups is 2. The third-order valence-electron chi connectivity index (χ3n) is 5.76. The maximum atomic E-state index is 13.9. The molecule has 0 aliphatic rings. The molecule has 0 aliphatic carbocycles. The number of sulfonamides is 1. The zero-order chi connectivity index (χ0) is 27.0. The van der Waals surface area contributed by atoms with Gasteiger partial charge in [-0.25, -0.2) is 8.42 Å². The van der Waals surface area contributed by atoms with E-state index in [0.717, 1.165) is 7.88 Å². The summed E-state index contributed by atoms with van der Waals surface area (Å²) in [6.45, 7) is 3.58. The van der Waals surface area contributed by atoms with Gasteiger partial charge in [0.15, 0.2) is 0 Å². The molecule has 0 spiro atoms. The number of nitrogens with zero attached hydrogens (tertiary/aromatic N) is 2. The van der Waals surface area contributed by atoms with E-state index in [1.54, 1.807) is 73.7 Å². The van der Waals surface area contributed by atoms with E-state index < -0.39 is 28.5 Å². The first kappa shape index (κ1) is 28.9. The van der Waals surface area contributed by atoms with Crippen LogP contribution in [-0.2, 0) is 26.2 Å². The van der Waals surface area contributed by atoms with E-state index >= 15 is 0 Å². The molecule has 196 valence electrons. The van der Waals surface area contributed by atoms with Crippen molar-refractivity contribution in [3.63, 3.8) is 0 Å². The summed E-state index contributed by atoms with van der Waals surface area (Å²) < 4.78 is 29.4. The van der Waals surface area contributed by atoms with E-state index in [0.29, 0.717) is 29.2 Å². The second kappa shape index (κ2) is 13.3. The normalized spacial score (nSPS) is 12.0. The topological polar surface area (TPSA) is 86.8 Å². The van der Waals surface area contributed by atoms with E-state index in [2.05, 4.69) is 27.9 Å². The number of amides is 2. The zero-order valence-electron chi connectivity index (χ0n) is 20.6. The first-order chi connectivity index (χ1) is 17.7. The van der Waals surface area contributed by atoms with Gasteiger partial charge < -0.3 is 10.2 Å². The predicted molar refractivity (Wildman–Crippen MR) is 155 cm³/mol. The highest BCUT2D eigenvalue weighted by Gasteiger charge is 2.33. The van der Waals surface area contributed by atoms with Crippen LogP contribution in [0.15, 0.2) is 83.8 Å². The van der Waals surface area contributed by atoms with Crippen LogP contribution in [0.4, 0.5) is 5.69 Å². The number of benzene rings is 3. The average Bonchev–Trinajstić information content (AvgIpc) is 2.89. The van der Waals surface area contributed by atoms with Gasteiger partial charge in [-0.05, 0) is 84.0 Å². The number of nitrogens with one attached hydrogen (secondary N) is 1. The summed E-state index contributed by atoms with van der Waals surface area (Å²) in [6, 6.07) is 21.1. The Kier molecular flexibility index (Phi) is 10.4. The smallest absolute Gasteiger partial charge is 0.264 e. The molecule has 10 heteroatoms. The van der Waals surface area contributed by atoms with Gasteiger partial charge in [0, 0.05) is 21.7 Å². The lowest BCUT2D eigenvalue weighted by Crippen LogP contribution is -2.52. The molecule has 7 nitrogen and oxygen atoms in total. The highest BCUT2D eigenvalue weighted by molar-refractivity contribution is 14.1. The van der Waals surface area contributed by atoms with Gasteiger partial charge in [0.05, 0.1) is 10.6 Å². The third-order valence-corrected chi connectivity index (χ3v) is 8.64. The summed E-state index contributed by atoms with van der Waals surface area (Å²) >= 11 is 8.52. The van der Waals surface area contributed by atoms with Gasteiger partial charge in [-0.1, -0.05) is 54.9 Å². The summed E-state index contributed by atoms with van der Waals surface area (Å²) in [6.07, 6.45) is 0.344. The van der Waals surface area contributed by atoms with Crippen molar-refractivity contribution in [3.05, 3.63) is 93.0 Å². The summed E-state index contributed by atoms with van der Waals surface area (Å²) in [4.78, 5) is 28.3. The summed E-state index contributed by atoms with van der Waals surface area (Å²) in [5.74, 6) is -0.826. The Balaban J connectivity index is 2.05. The van der Waals surface area contributed by atoms with Crippen LogP contribution in [0.5, 0.6) is 0 Å². The number of rotatable bonds is 11. The number of likely N-dealkylation sites (N-methyl/N-ethyl adjacent to an activating group) is 1. The number of anilines is 1. The molecule has 0 radical (unpaired) electrons. The van der Waals surface area contributed by atoms with Crippen LogP contribution in [0.1, 0.15) is 25.8 Å². The van der Waals surface area contributed by atoms with E-state index in [1.165, 1.54) is 17.0 Å². The van der Waals surface area contributed by atoms with E-state index in [4.69, 9.17) is 11.6 Å². The lowest BCUT2D eigenvalue weighted by molar-refractivity contribution is -0.140. The number of hydrogen-bond acceptors (Lipinski definition) is 4. The fraction of sp³-hybridized carbons (Fsp3) is 0.259. The molecule has 0 bridgehead atoms. The Hall–Kier alpha value is -2.63. The Morgan fingerprint density at radius 3 is 2.16 bits per heavy atom. The Morgan fingerprint density at radius 1 is 0.946 bits per heavy atom. The van der Waals surface area contributed by atoms with Crippen molar-refractivity contribution in [3.8, 4) is 0 Å². The van der Waals surface area contributed by atoms with Crippen molar-refractivity contribution in [1.29, 1.82) is 0 Å². The second-order valence-corrected chi connectivity index (χ2v) is 11.7. The van der Waals surface area contributed by atoms with Crippen LogP contribution in [0.3, 0.4) is 0 Å². The standard InChI is InChI=1S/C27H29ClIN3O4S/c1-3-25(27(34)30-4-2)31(18-20-10-8-9-13-24(20)28)26(33)19-32(22-16-14-21(29)15-17-22)37(35,36)23-11-6-5-7-12-23/h5-17,25H,3-4,18-19H2,1-2H3,(H,30,34)/t25-/m1/s1. The molecule has 0 aliphatic heterocycles. The monoisotopic (exact) mass is 653 g/mol. The van der Waals surface area contributed by atoms with Crippen molar-refractivity contribution >= 4 is 61.7 Å². The minimum Gasteiger partial charge on any atom is -0.355 e. The fourth-order valence-electron chi connectivity index (χ4n) is 3.88. The van der Waals surface area contributed by atoms with Crippen LogP contribution in [-0.4, -0.2) is 44.3 Å². The van der Waals surface area contributed by atoms with Gasteiger partial charge in [-0.2, -0.15) is 0 Å². The molecule has 3 rings (SSSR count). The van der Waals surface area contributed by atoms with Crippen LogP contribution in [0.25, 0.3) is 0 Å². The highest BCUT2D eigenvalue weighted by Crippen LogP contribution is 2.26. The second-order valence-electron chi connectivity index (χ2n) is 8.23. The highest BCUT2D eigenvalue weighted by atomic mass is 127. The molecule has 1 N–H and O–H groups in total. The molecule has 1 atom stereocenters. The predicted octanol–water partition coefficient (Wildman–Crippen LogP) is 5.08. The minimum atomic E-state index is -4.08. The van der Waals surface area contributed by atoms with Crippen molar-refractivity contribution in [2.75, 3.05) is 17.4 Å². The lowest BCUT2D eigenvalue weighted by atomic mass is 10.1. The van der Waals surface area contributed by atoms with Crippen LogP contribution in [0.2, 0.25) is 5.02 Å². The van der Waals surface area contributed by atoms with Gasteiger partial charge in [0.2, 0.25) is 11.8 Å². The summed E-state index contributed by atoms with van der Waals surface area (Å²) in [7, 11) is -4.08. The van der Waals surface area contributed by atoms with Gasteiger partial charge in [-0.15, -0.1) is 0 Å². The minimum absolute atomic E-state index is 0.0556. The zero-order valence-corrected chi connectivity index (χ0v) is 24.3. The van der Waals surface area contributed by atoms with Crippen molar-refractivity contribution in [2.24, 2.45) is 0 Å². The quantitative estimate of drug-likeness (QED) is 0.293. The fourth-order valence-corrected chi connectivity index (χ4v) is 5.87. The maximum absolute atomic E-state index is 13.9. The average molecular weight is 654 g/mol. The molecule has 3 aromatic carbocycles. The van der Waals surface area contributed by atoms with E-state index in [-0.39, 0.29) is 17.3 Å². The van der Waals surface area contributed by atoms with Crippen molar-refractivity contribution in [1.82, 2.24) is 10.2 Å². The number of carbonyl (C=O) groups excluding carboxylic acids is 2. The summed E-state index contributed by atoms with van der Waals surface area (Å²) in [5, 5.41) is 3.24. The molecule has 0 heterocycles. The number of halogens is 2. The number of hydrogen-bond donors (Lipinski definition) is 1. The lowest BCUT2D eigenvalue weighted by Gasteiger charge is -2.33. The van der Waals surface area contributed by atoms with Crippen molar-refractivity contribution < 1.29 is 18.0 Å². The SMILES string of the molecule is CCNC(=O)[C@@H](CC)N(Cc1ccccc1Cl)C(=O)CN(c1ccc(I)cc1)S(=O)(=O)c1ccccc1. The van der Waals surface area contributed by atoms with Gasteiger partial charge in [0.25, 0.3) is 10.0 Å². The Morgan fingerprint density at radius 2 is 1.57 bits per heavy atom. The Bertz CT molecular complexity index is 1320. The molecule has 2 amide bonds. The largest absolute Gasteiger partial charge is 0.355 e. The molecule has 3 aromatic rings. The molecule has 0 fully saturated rings. The molecule has 0 saturated carbocycles. The molecular weight excluding hydrogens is 625 g/mol. The van der Waals surface area contributed by atoms with Gasteiger partial charge >= 0.3 is 0 Å². The van der Waals surface area contributed by atoms with Crippen LogP contribution >= 0.6 is 34.2 Å². The molecular formula is C27H29ClIN3O4S. The summed E-state index contributed by atoms with van der Waals surface area (Å²) in [5.41, 5.74) is 1.01. The first-order valence-corrected chi connectivity index (χ1v) is 14.7.